The maximum absolute atomic E-state index is 12.7. The molecule has 0 aromatic rings. The number of carbonyl (C=O) groups excluding carboxylic acids is 2. The predicted octanol–water partition coefficient (Wildman–Crippen LogP) is 2.47. The van der Waals surface area contributed by atoms with Crippen LogP contribution in [-0.2, 0) is 23.7 Å². The smallest absolute Gasteiger partial charge is 0.410 e. The van der Waals surface area contributed by atoms with E-state index in [1.165, 1.54) is 0 Å². The zero-order valence-electron chi connectivity index (χ0n) is 15.6. The molecule has 7 nitrogen and oxygen atoms in total. The van der Waals surface area contributed by atoms with Gasteiger partial charge in [-0.2, -0.15) is 0 Å². The summed E-state index contributed by atoms with van der Waals surface area (Å²) in [6.45, 7) is 13.0. The summed E-state index contributed by atoms with van der Waals surface area (Å²) < 4.78 is 22.5. The minimum absolute atomic E-state index is 0.0536. The molecule has 2 rings (SSSR count). The molecule has 1 amide bonds. The minimum atomic E-state index is -0.740. The van der Waals surface area contributed by atoms with E-state index in [4.69, 9.17) is 18.9 Å². The van der Waals surface area contributed by atoms with Gasteiger partial charge < -0.3 is 18.9 Å². The molecule has 2 fully saturated rings. The summed E-state index contributed by atoms with van der Waals surface area (Å²) in [5.41, 5.74) is -0.621. The molecule has 0 aromatic heterocycles. The van der Waals surface area contributed by atoms with E-state index in [0.29, 0.717) is 6.61 Å². The highest BCUT2D eigenvalue weighted by Gasteiger charge is 2.58. The lowest BCUT2D eigenvalue weighted by molar-refractivity contribution is -0.169. The topological polar surface area (TPSA) is 74.3 Å². The van der Waals surface area contributed by atoms with Crippen molar-refractivity contribution in [2.45, 2.75) is 90.6 Å². The summed E-state index contributed by atoms with van der Waals surface area (Å²) in [5, 5.41) is 0. The quantitative estimate of drug-likeness (QED) is 0.733. The molecule has 0 aliphatic carbocycles. The third kappa shape index (κ3) is 4.00. The molecular weight excluding hydrogens is 314 g/mol. The van der Waals surface area contributed by atoms with Crippen molar-refractivity contribution in [3.8, 4) is 0 Å². The Kier molecular flexibility index (Phi) is 5.16. The first-order chi connectivity index (χ1) is 10.9. The lowest BCUT2D eigenvalue weighted by Gasteiger charge is -2.34. The summed E-state index contributed by atoms with van der Waals surface area (Å²) >= 11 is 0. The average Bonchev–Trinajstić information content (AvgIpc) is 2.82. The molecule has 0 radical (unpaired) electrons. The molecule has 24 heavy (non-hydrogen) atoms. The molecule has 2 aliphatic rings. The van der Waals surface area contributed by atoms with Crippen LogP contribution < -0.4 is 0 Å². The molecule has 0 unspecified atom stereocenters. The molecule has 7 heteroatoms. The molecule has 2 saturated heterocycles. The molecular formula is C17H29NO6. The number of carbonyl (C=O) groups is 2. The van der Waals surface area contributed by atoms with Gasteiger partial charge >= 0.3 is 12.1 Å². The monoisotopic (exact) mass is 343 g/mol. The standard InChI is InChI=1S/C17H29NO6/c1-8-21-12(19)9-11-14-13(22-17(6,7)23-14)10(2)18(11)15(20)24-16(3,4)5/h10-11,13-14H,8-9H2,1-7H3/t10-,11+,13+,14-/m0/s1. The fourth-order valence-corrected chi connectivity index (χ4v) is 3.33. The van der Waals surface area contributed by atoms with Crippen molar-refractivity contribution in [2.75, 3.05) is 6.61 Å². The van der Waals surface area contributed by atoms with Gasteiger partial charge in [0.15, 0.2) is 5.79 Å². The summed E-state index contributed by atoms with van der Waals surface area (Å²) in [5.74, 6) is -1.10. The molecule has 0 saturated carbocycles. The maximum Gasteiger partial charge on any atom is 0.410 e. The largest absolute Gasteiger partial charge is 0.466 e. The third-order valence-electron chi connectivity index (χ3n) is 4.10. The van der Waals surface area contributed by atoms with Crippen LogP contribution in [0.25, 0.3) is 0 Å². The van der Waals surface area contributed by atoms with Crippen LogP contribution in [0.3, 0.4) is 0 Å². The highest BCUT2D eigenvalue weighted by atomic mass is 16.8. The Hall–Kier alpha value is -1.34. The van der Waals surface area contributed by atoms with E-state index in [2.05, 4.69) is 0 Å². The van der Waals surface area contributed by atoms with E-state index >= 15 is 0 Å². The van der Waals surface area contributed by atoms with Crippen molar-refractivity contribution in [2.24, 2.45) is 0 Å². The first-order valence-electron chi connectivity index (χ1n) is 8.48. The van der Waals surface area contributed by atoms with Crippen molar-refractivity contribution in [3.05, 3.63) is 0 Å². The summed E-state index contributed by atoms with van der Waals surface area (Å²) in [6, 6.07) is -0.730. The van der Waals surface area contributed by atoms with Crippen LogP contribution >= 0.6 is 0 Å². The van der Waals surface area contributed by atoms with Gasteiger partial charge in [-0.3, -0.25) is 9.69 Å². The maximum atomic E-state index is 12.7. The first kappa shape index (κ1) is 19.0. The Labute approximate surface area is 143 Å². The molecule has 2 heterocycles. The SMILES string of the molecule is CCOC(=O)C[C@@H]1[C@@H]2OC(C)(C)O[C@@H]2[C@H](C)N1C(=O)OC(C)(C)C. The van der Waals surface area contributed by atoms with Crippen LogP contribution in [0.2, 0.25) is 0 Å². The zero-order valence-corrected chi connectivity index (χ0v) is 15.6. The van der Waals surface area contributed by atoms with Gasteiger partial charge in [-0.15, -0.1) is 0 Å². The highest BCUT2D eigenvalue weighted by molar-refractivity contribution is 5.74. The Bertz CT molecular complexity index is 498. The number of amides is 1. The van der Waals surface area contributed by atoms with Gasteiger partial charge in [-0.1, -0.05) is 0 Å². The Morgan fingerprint density at radius 2 is 1.75 bits per heavy atom. The van der Waals surface area contributed by atoms with Crippen molar-refractivity contribution in [3.63, 3.8) is 0 Å². The van der Waals surface area contributed by atoms with E-state index in [9.17, 15) is 9.59 Å². The second-order valence-electron chi connectivity index (χ2n) is 7.77. The Morgan fingerprint density at radius 1 is 1.17 bits per heavy atom. The Morgan fingerprint density at radius 3 is 2.29 bits per heavy atom. The molecule has 2 aliphatic heterocycles. The molecule has 0 aromatic carbocycles. The lowest BCUT2D eigenvalue weighted by Crippen LogP contribution is -2.48. The zero-order chi connectivity index (χ0) is 18.3. The molecule has 0 N–H and O–H groups in total. The highest BCUT2D eigenvalue weighted by Crippen LogP contribution is 2.42. The van der Waals surface area contributed by atoms with Crippen molar-refractivity contribution >= 4 is 12.1 Å². The number of hydrogen-bond donors (Lipinski definition) is 0. The van der Waals surface area contributed by atoms with Gasteiger partial charge in [0, 0.05) is 0 Å². The number of fused-ring (bicyclic) bond motifs is 1. The van der Waals surface area contributed by atoms with Gasteiger partial charge in [-0.25, -0.2) is 4.79 Å². The Balaban J connectivity index is 2.23. The predicted molar refractivity (Wildman–Crippen MR) is 86.4 cm³/mol. The summed E-state index contributed by atoms with van der Waals surface area (Å²) in [7, 11) is 0. The van der Waals surface area contributed by atoms with Gasteiger partial charge in [0.2, 0.25) is 0 Å². The fourth-order valence-electron chi connectivity index (χ4n) is 3.33. The van der Waals surface area contributed by atoms with Crippen LogP contribution in [0.5, 0.6) is 0 Å². The van der Waals surface area contributed by atoms with Crippen LogP contribution in [0.4, 0.5) is 4.79 Å². The van der Waals surface area contributed by atoms with Crippen molar-refractivity contribution in [1.29, 1.82) is 0 Å². The number of rotatable bonds is 3. The van der Waals surface area contributed by atoms with E-state index in [0.717, 1.165) is 0 Å². The lowest BCUT2D eigenvalue weighted by atomic mass is 10.1. The minimum Gasteiger partial charge on any atom is -0.466 e. The van der Waals surface area contributed by atoms with Crippen molar-refractivity contribution in [1.82, 2.24) is 4.90 Å². The second-order valence-corrected chi connectivity index (χ2v) is 7.77. The van der Waals surface area contributed by atoms with Gasteiger partial charge in [0.1, 0.15) is 17.8 Å². The van der Waals surface area contributed by atoms with Gasteiger partial charge in [0.05, 0.1) is 25.1 Å². The molecule has 0 bridgehead atoms. The average molecular weight is 343 g/mol. The van der Waals surface area contributed by atoms with Crippen LogP contribution in [-0.4, -0.2) is 59.2 Å². The number of hydrogen-bond acceptors (Lipinski definition) is 6. The summed E-state index contributed by atoms with van der Waals surface area (Å²) in [6.07, 6.45) is -1.10. The number of esters is 1. The fraction of sp³-hybridized carbons (Fsp3) is 0.882. The normalized spacial score (nSPS) is 31.7. The van der Waals surface area contributed by atoms with E-state index in [1.54, 1.807) is 11.8 Å². The third-order valence-corrected chi connectivity index (χ3v) is 4.10. The number of ether oxygens (including phenoxy) is 4. The van der Waals surface area contributed by atoms with E-state index in [-0.39, 0.29) is 30.6 Å². The van der Waals surface area contributed by atoms with Crippen LogP contribution in [0, 0.1) is 0 Å². The van der Waals surface area contributed by atoms with Crippen LogP contribution in [0.15, 0.2) is 0 Å². The molecule has 138 valence electrons. The number of nitrogens with zero attached hydrogens (tertiary/aromatic N) is 1. The van der Waals surface area contributed by atoms with Crippen molar-refractivity contribution < 1.29 is 28.5 Å². The first-order valence-corrected chi connectivity index (χ1v) is 8.48. The molecule has 0 spiro atoms. The van der Waals surface area contributed by atoms with E-state index in [1.807, 2.05) is 41.5 Å². The molecule has 4 atom stereocenters. The second kappa shape index (κ2) is 6.52. The summed E-state index contributed by atoms with van der Waals surface area (Å²) in [4.78, 5) is 26.2. The van der Waals surface area contributed by atoms with Gasteiger partial charge in [-0.05, 0) is 48.5 Å². The van der Waals surface area contributed by atoms with Gasteiger partial charge in [0.25, 0.3) is 0 Å². The van der Waals surface area contributed by atoms with E-state index < -0.39 is 23.5 Å². The van der Waals surface area contributed by atoms with Crippen LogP contribution in [0.1, 0.15) is 54.9 Å². The number of likely N-dealkylation sites (tertiary alicyclic amines) is 1.